The predicted octanol–water partition coefficient (Wildman–Crippen LogP) is 0.219. The topological polar surface area (TPSA) is 55.6 Å². The van der Waals surface area contributed by atoms with E-state index in [4.69, 9.17) is 10.5 Å². The molecule has 0 spiro atoms. The van der Waals surface area contributed by atoms with E-state index >= 15 is 0 Å². The Morgan fingerprint density at radius 2 is 2.33 bits per heavy atom. The van der Waals surface area contributed by atoms with Gasteiger partial charge < -0.3 is 15.4 Å². The molecule has 0 aromatic carbocycles. The first-order valence-electron chi connectivity index (χ1n) is 5.67. The molecule has 0 aromatic rings. The quantitative estimate of drug-likeness (QED) is 0.676. The molecule has 2 fully saturated rings. The van der Waals surface area contributed by atoms with E-state index in [0.717, 1.165) is 19.5 Å². The molecule has 3 unspecified atom stereocenters. The van der Waals surface area contributed by atoms with E-state index in [-0.39, 0.29) is 11.9 Å². The largest absolute Gasteiger partial charge is 0.379 e. The van der Waals surface area contributed by atoms with Crippen molar-refractivity contribution in [3.63, 3.8) is 0 Å². The third kappa shape index (κ3) is 1.76. The Hall–Kier alpha value is -0.610. The number of rotatable bonds is 1. The van der Waals surface area contributed by atoms with Crippen LogP contribution in [0.4, 0.5) is 0 Å². The van der Waals surface area contributed by atoms with Gasteiger partial charge in [-0.2, -0.15) is 0 Å². The van der Waals surface area contributed by atoms with Gasteiger partial charge in [0.15, 0.2) is 0 Å². The Bertz CT molecular complexity index is 269. The van der Waals surface area contributed by atoms with Crippen LogP contribution in [-0.4, -0.2) is 43.2 Å². The number of carbonyl (C=O) groups is 1. The van der Waals surface area contributed by atoms with Crippen LogP contribution < -0.4 is 5.73 Å². The Morgan fingerprint density at radius 3 is 2.80 bits per heavy atom. The van der Waals surface area contributed by atoms with Crippen molar-refractivity contribution in [3.05, 3.63) is 0 Å². The molecule has 0 saturated carbocycles. The van der Waals surface area contributed by atoms with Crippen LogP contribution in [-0.2, 0) is 9.53 Å². The van der Waals surface area contributed by atoms with Gasteiger partial charge in [-0.05, 0) is 19.3 Å². The molecule has 0 aromatic heterocycles. The summed E-state index contributed by atoms with van der Waals surface area (Å²) in [5, 5.41) is 0. The minimum absolute atomic E-state index is 0.152. The lowest BCUT2D eigenvalue weighted by Crippen LogP contribution is -2.50. The van der Waals surface area contributed by atoms with Crippen molar-refractivity contribution >= 4 is 5.91 Å². The lowest BCUT2D eigenvalue weighted by molar-refractivity contribution is -0.140. The summed E-state index contributed by atoms with van der Waals surface area (Å²) in [6.07, 6.45) is 1.11. The average molecular weight is 212 g/mol. The summed E-state index contributed by atoms with van der Waals surface area (Å²) in [5.74, 6) is 0.799. The van der Waals surface area contributed by atoms with Crippen molar-refractivity contribution in [2.24, 2.45) is 17.1 Å². The number of carbonyl (C=O) groups excluding carboxylic acids is 1. The van der Waals surface area contributed by atoms with Crippen molar-refractivity contribution in [2.75, 3.05) is 26.3 Å². The first kappa shape index (κ1) is 10.9. The maximum absolute atomic E-state index is 12.3. The predicted molar refractivity (Wildman–Crippen MR) is 57.3 cm³/mol. The van der Waals surface area contributed by atoms with E-state index < -0.39 is 5.41 Å². The van der Waals surface area contributed by atoms with Gasteiger partial charge in [0.1, 0.15) is 0 Å². The highest BCUT2D eigenvalue weighted by Gasteiger charge is 2.47. The first-order valence-corrected chi connectivity index (χ1v) is 5.67. The standard InChI is InChI=1S/C11H20N2O2/c1-8-3-4-13(5-8)10(14)11(2)7-15-6-9(11)12/h8-9H,3-7,12H2,1-2H3. The molecule has 2 aliphatic heterocycles. The fourth-order valence-electron chi connectivity index (χ4n) is 2.39. The van der Waals surface area contributed by atoms with Gasteiger partial charge in [0.05, 0.1) is 18.6 Å². The first-order chi connectivity index (χ1) is 7.04. The van der Waals surface area contributed by atoms with E-state index in [1.54, 1.807) is 0 Å². The fraction of sp³-hybridized carbons (Fsp3) is 0.909. The molecular formula is C11H20N2O2. The maximum atomic E-state index is 12.3. The third-order valence-electron chi connectivity index (χ3n) is 3.72. The van der Waals surface area contributed by atoms with E-state index in [2.05, 4.69) is 6.92 Å². The zero-order valence-corrected chi connectivity index (χ0v) is 9.53. The molecule has 0 aliphatic carbocycles. The normalized spacial score (nSPS) is 41.1. The molecule has 2 aliphatic rings. The number of likely N-dealkylation sites (tertiary alicyclic amines) is 1. The van der Waals surface area contributed by atoms with Crippen molar-refractivity contribution in [2.45, 2.75) is 26.3 Å². The number of ether oxygens (including phenoxy) is 1. The van der Waals surface area contributed by atoms with E-state index in [1.165, 1.54) is 0 Å². The highest BCUT2D eigenvalue weighted by molar-refractivity contribution is 5.84. The molecule has 2 rings (SSSR count). The second-order valence-corrected chi connectivity index (χ2v) is 5.18. The lowest BCUT2D eigenvalue weighted by atomic mass is 9.84. The van der Waals surface area contributed by atoms with Gasteiger partial charge in [0.25, 0.3) is 0 Å². The molecule has 15 heavy (non-hydrogen) atoms. The van der Waals surface area contributed by atoms with Crippen LogP contribution in [0, 0.1) is 11.3 Å². The molecule has 4 heteroatoms. The highest BCUT2D eigenvalue weighted by atomic mass is 16.5. The minimum atomic E-state index is -0.496. The van der Waals surface area contributed by atoms with Crippen molar-refractivity contribution < 1.29 is 9.53 Å². The van der Waals surface area contributed by atoms with E-state index in [0.29, 0.717) is 19.1 Å². The van der Waals surface area contributed by atoms with Crippen LogP contribution in [0.15, 0.2) is 0 Å². The van der Waals surface area contributed by atoms with Crippen LogP contribution in [0.5, 0.6) is 0 Å². The number of nitrogens with zero attached hydrogens (tertiary/aromatic N) is 1. The molecule has 0 radical (unpaired) electrons. The van der Waals surface area contributed by atoms with Gasteiger partial charge in [0, 0.05) is 19.1 Å². The summed E-state index contributed by atoms with van der Waals surface area (Å²) >= 11 is 0. The number of amides is 1. The summed E-state index contributed by atoms with van der Waals surface area (Å²) < 4.78 is 5.31. The Balaban J connectivity index is 2.07. The van der Waals surface area contributed by atoms with E-state index in [1.807, 2.05) is 11.8 Å². The molecule has 0 bridgehead atoms. The van der Waals surface area contributed by atoms with E-state index in [9.17, 15) is 4.79 Å². The third-order valence-corrected chi connectivity index (χ3v) is 3.72. The van der Waals surface area contributed by atoms with Gasteiger partial charge >= 0.3 is 0 Å². The molecule has 86 valence electrons. The summed E-state index contributed by atoms with van der Waals surface area (Å²) in [5.41, 5.74) is 5.45. The van der Waals surface area contributed by atoms with Gasteiger partial charge in [-0.15, -0.1) is 0 Å². The SMILES string of the molecule is CC1CCN(C(=O)C2(C)COCC2N)C1. The lowest BCUT2D eigenvalue weighted by Gasteiger charge is -2.30. The van der Waals surface area contributed by atoms with Crippen LogP contribution in [0.2, 0.25) is 0 Å². The van der Waals surface area contributed by atoms with Gasteiger partial charge in [0.2, 0.25) is 5.91 Å². The summed E-state index contributed by atoms with van der Waals surface area (Å²) in [4.78, 5) is 14.2. The molecular weight excluding hydrogens is 192 g/mol. The number of hydrogen-bond donors (Lipinski definition) is 1. The summed E-state index contributed by atoms with van der Waals surface area (Å²) in [6.45, 7) is 6.84. The Labute approximate surface area is 90.8 Å². The fourth-order valence-corrected chi connectivity index (χ4v) is 2.39. The molecule has 1 amide bonds. The second kappa shape index (κ2) is 3.76. The van der Waals surface area contributed by atoms with Crippen molar-refractivity contribution in [1.82, 2.24) is 4.90 Å². The Kier molecular flexibility index (Phi) is 2.73. The van der Waals surface area contributed by atoms with Crippen molar-refractivity contribution in [3.8, 4) is 0 Å². The molecule has 4 nitrogen and oxygen atoms in total. The molecule has 2 N–H and O–H groups in total. The van der Waals surface area contributed by atoms with Crippen LogP contribution in [0.1, 0.15) is 20.3 Å². The summed E-state index contributed by atoms with van der Waals surface area (Å²) in [6, 6.07) is -0.152. The van der Waals surface area contributed by atoms with Crippen LogP contribution in [0.3, 0.4) is 0 Å². The van der Waals surface area contributed by atoms with Crippen molar-refractivity contribution in [1.29, 1.82) is 0 Å². The zero-order valence-electron chi connectivity index (χ0n) is 9.53. The number of nitrogens with two attached hydrogens (primary N) is 1. The Morgan fingerprint density at radius 1 is 1.60 bits per heavy atom. The van der Waals surface area contributed by atoms with Gasteiger partial charge in [-0.25, -0.2) is 0 Å². The molecule has 3 atom stereocenters. The number of hydrogen-bond acceptors (Lipinski definition) is 3. The average Bonchev–Trinajstić information content (AvgIpc) is 2.75. The van der Waals surface area contributed by atoms with Gasteiger partial charge in [-0.1, -0.05) is 6.92 Å². The van der Waals surface area contributed by atoms with Crippen LogP contribution >= 0.6 is 0 Å². The molecule has 2 saturated heterocycles. The minimum Gasteiger partial charge on any atom is -0.379 e. The zero-order chi connectivity index (χ0) is 11.1. The second-order valence-electron chi connectivity index (χ2n) is 5.18. The highest BCUT2D eigenvalue weighted by Crippen LogP contribution is 2.31. The monoisotopic (exact) mass is 212 g/mol. The van der Waals surface area contributed by atoms with Crippen LogP contribution in [0.25, 0.3) is 0 Å². The maximum Gasteiger partial charge on any atom is 0.232 e. The smallest absolute Gasteiger partial charge is 0.232 e. The molecule has 2 heterocycles. The summed E-state index contributed by atoms with van der Waals surface area (Å²) in [7, 11) is 0. The van der Waals surface area contributed by atoms with Gasteiger partial charge in [-0.3, -0.25) is 4.79 Å².